The molecule has 6 heteroatoms. The van der Waals surface area contributed by atoms with Gasteiger partial charge in [0.25, 0.3) is 0 Å². The van der Waals surface area contributed by atoms with Crippen molar-refractivity contribution < 1.29 is 23.0 Å². The Morgan fingerprint density at radius 2 is 2.00 bits per heavy atom. The molecule has 2 unspecified atom stereocenters. The number of halogens is 3. The van der Waals surface area contributed by atoms with Crippen LogP contribution >= 0.6 is 0 Å². The number of rotatable bonds is 4. The van der Waals surface area contributed by atoms with Crippen LogP contribution in [0.1, 0.15) is 6.92 Å². The van der Waals surface area contributed by atoms with Crippen LogP contribution in [-0.4, -0.2) is 36.6 Å². The van der Waals surface area contributed by atoms with Gasteiger partial charge < -0.3 is 15.6 Å². The van der Waals surface area contributed by atoms with Gasteiger partial charge in [-0.25, -0.2) is 0 Å². The van der Waals surface area contributed by atoms with E-state index in [0.717, 1.165) is 0 Å². The summed E-state index contributed by atoms with van der Waals surface area (Å²) in [5.41, 5.74) is 5.22. The van der Waals surface area contributed by atoms with Crippen molar-refractivity contribution in [2.24, 2.45) is 5.73 Å². The zero-order valence-corrected chi connectivity index (χ0v) is 6.64. The minimum absolute atomic E-state index is 0.506. The van der Waals surface area contributed by atoms with Gasteiger partial charge in [0.2, 0.25) is 0 Å². The Labute approximate surface area is 68.3 Å². The Kier molecular flexibility index (Phi) is 4.51. The predicted octanol–water partition coefficient (Wildman–Crippen LogP) is 0.273. The van der Waals surface area contributed by atoms with Gasteiger partial charge in [-0.3, -0.25) is 0 Å². The summed E-state index contributed by atoms with van der Waals surface area (Å²) in [4.78, 5) is 0. The molecular formula is C6H12F3NO2. The van der Waals surface area contributed by atoms with E-state index in [4.69, 9.17) is 10.8 Å². The summed E-state index contributed by atoms with van der Waals surface area (Å²) in [7, 11) is 0. The summed E-state index contributed by atoms with van der Waals surface area (Å²) in [6.07, 6.45) is -5.32. The SMILES string of the molecule is CC(N)C(CO)OCC(F)(F)F. The van der Waals surface area contributed by atoms with Crippen LogP contribution in [0.15, 0.2) is 0 Å². The fraction of sp³-hybridized carbons (Fsp3) is 1.00. The number of aliphatic hydroxyl groups excluding tert-OH is 1. The fourth-order valence-corrected chi connectivity index (χ4v) is 0.572. The lowest BCUT2D eigenvalue weighted by molar-refractivity contribution is -0.190. The Hall–Kier alpha value is -0.330. The molecule has 0 aliphatic carbocycles. The molecule has 3 N–H and O–H groups in total. The Morgan fingerprint density at radius 3 is 2.25 bits per heavy atom. The van der Waals surface area contributed by atoms with Gasteiger partial charge in [0.05, 0.1) is 12.7 Å². The highest BCUT2D eigenvalue weighted by atomic mass is 19.4. The third kappa shape index (κ3) is 5.34. The zero-order chi connectivity index (χ0) is 9.78. The van der Waals surface area contributed by atoms with E-state index in [-0.39, 0.29) is 0 Å². The maximum atomic E-state index is 11.6. The standard InChI is InChI=1S/C6H12F3NO2/c1-4(10)5(2-11)12-3-6(7,8)9/h4-5,11H,2-3,10H2,1H3. The lowest BCUT2D eigenvalue weighted by atomic mass is 10.2. The predicted molar refractivity (Wildman–Crippen MR) is 36.5 cm³/mol. The van der Waals surface area contributed by atoms with Gasteiger partial charge in [0, 0.05) is 6.04 Å². The molecule has 12 heavy (non-hydrogen) atoms. The molecule has 0 aromatic carbocycles. The molecule has 0 aliphatic rings. The van der Waals surface area contributed by atoms with E-state index in [0.29, 0.717) is 0 Å². The molecule has 0 fully saturated rings. The van der Waals surface area contributed by atoms with Gasteiger partial charge in [0.1, 0.15) is 6.61 Å². The van der Waals surface area contributed by atoms with Crippen molar-refractivity contribution >= 4 is 0 Å². The molecule has 2 atom stereocenters. The summed E-state index contributed by atoms with van der Waals surface area (Å²) in [5.74, 6) is 0. The quantitative estimate of drug-likeness (QED) is 0.664. The minimum atomic E-state index is -4.37. The summed E-state index contributed by atoms with van der Waals surface area (Å²) >= 11 is 0. The number of aliphatic hydroxyl groups is 1. The first-order valence-corrected chi connectivity index (χ1v) is 3.41. The molecule has 0 amide bonds. The molecule has 0 aliphatic heterocycles. The van der Waals surface area contributed by atoms with Crippen LogP contribution in [0.5, 0.6) is 0 Å². The Bertz CT molecular complexity index is 126. The second-order valence-corrected chi connectivity index (χ2v) is 2.51. The normalized spacial score (nSPS) is 17.5. The number of alkyl halides is 3. The monoisotopic (exact) mass is 187 g/mol. The van der Waals surface area contributed by atoms with Crippen molar-refractivity contribution in [1.29, 1.82) is 0 Å². The average molecular weight is 187 g/mol. The molecule has 0 aromatic rings. The van der Waals surface area contributed by atoms with E-state index in [1.165, 1.54) is 6.92 Å². The van der Waals surface area contributed by atoms with Crippen LogP contribution < -0.4 is 5.73 Å². The Balaban J connectivity index is 3.73. The molecule has 0 spiro atoms. The van der Waals surface area contributed by atoms with Crippen molar-refractivity contribution in [1.82, 2.24) is 0 Å². The van der Waals surface area contributed by atoms with Crippen LogP contribution in [0, 0.1) is 0 Å². The van der Waals surface area contributed by atoms with Crippen LogP contribution in [0.25, 0.3) is 0 Å². The number of hydrogen-bond acceptors (Lipinski definition) is 3. The molecule has 0 saturated carbocycles. The average Bonchev–Trinajstić information content (AvgIpc) is 1.85. The van der Waals surface area contributed by atoms with E-state index in [9.17, 15) is 13.2 Å². The van der Waals surface area contributed by atoms with Crippen molar-refractivity contribution in [3.8, 4) is 0 Å². The van der Waals surface area contributed by atoms with Crippen molar-refractivity contribution in [2.45, 2.75) is 25.2 Å². The molecular weight excluding hydrogens is 175 g/mol. The maximum Gasteiger partial charge on any atom is 0.411 e. The van der Waals surface area contributed by atoms with Gasteiger partial charge in [-0.15, -0.1) is 0 Å². The third-order valence-corrected chi connectivity index (χ3v) is 1.23. The molecule has 0 saturated heterocycles. The van der Waals surface area contributed by atoms with E-state index < -0.39 is 31.5 Å². The second-order valence-electron chi connectivity index (χ2n) is 2.51. The number of ether oxygens (including phenoxy) is 1. The summed E-state index contributed by atoms with van der Waals surface area (Å²) in [5, 5.41) is 8.52. The summed E-state index contributed by atoms with van der Waals surface area (Å²) in [6.45, 7) is -0.412. The van der Waals surface area contributed by atoms with E-state index >= 15 is 0 Å². The lowest BCUT2D eigenvalue weighted by Crippen LogP contribution is -2.39. The highest BCUT2D eigenvalue weighted by Crippen LogP contribution is 2.15. The van der Waals surface area contributed by atoms with E-state index in [1.54, 1.807) is 0 Å². The molecule has 0 aromatic heterocycles. The van der Waals surface area contributed by atoms with Crippen LogP contribution in [0.4, 0.5) is 13.2 Å². The molecule has 3 nitrogen and oxygen atoms in total. The highest BCUT2D eigenvalue weighted by Gasteiger charge is 2.29. The number of hydrogen-bond donors (Lipinski definition) is 2. The Morgan fingerprint density at radius 1 is 1.50 bits per heavy atom. The summed E-state index contributed by atoms with van der Waals surface area (Å²) < 4.78 is 39.0. The molecule has 74 valence electrons. The minimum Gasteiger partial charge on any atom is -0.394 e. The highest BCUT2D eigenvalue weighted by molar-refractivity contribution is 4.67. The van der Waals surface area contributed by atoms with Crippen molar-refractivity contribution in [2.75, 3.05) is 13.2 Å². The van der Waals surface area contributed by atoms with Gasteiger partial charge in [-0.05, 0) is 6.92 Å². The molecule has 0 heterocycles. The van der Waals surface area contributed by atoms with Crippen LogP contribution in [0.2, 0.25) is 0 Å². The van der Waals surface area contributed by atoms with E-state index in [1.807, 2.05) is 0 Å². The first-order chi connectivity index (χ1) is 5.37. The topological polar surface area (TPSA) is 55.5 Å². The van der Waals surface area contributed by atoms with Crippen LogP contribution in [0.3, 0.4) is 0 Å². The lowest BCUT2D eigenvalue weighted by Gasteiger charge is -2.19. The first kappa shape index (κ1) is 11.7. The smallest absolute Gasteiger partial charge is 0.394 e. The van der Waals surface area contributed by atoms with Crippen molar-refractivity contribution in [3.63, 3.8) is 0 Å². The molecule has 0 radical (unpaired) electrons. The maximum absolute atomic E-state index is 11.6. The van der Waals surface area contributed by atoms with Gasteiger partial charge >= 0.3 is 6.18 Å². The first-order valence-electron chi connectivity index (χ1n) is 3.41. The van der Waals surface area contributed by atoms with Crippen LogP contribution in [-0.2, 0) is 4.74 Å². The number of nitrogens with two attached hydrogens (primary N) is 1. The van der Waals surface area contributed by atoms with Gasteiger partial charge in [0.15, 0.2) is 0 Å². The summed E-state index contributed by atoms with van der Waals surface area (Å²) in [6, 6.07) is -0.614. The molecule has 0 bridgehead atoms. The largest absolute Gasteiger partial charge is 0.411 e. The van der Waals surface area contributed by atoms with E-state index in [2.05, 4.69) is 4.74 Å². The fourth-order valence-electron chi connectivity index (χ4n) is 0.572. The van der Waals surface area contributed by atoms with Gasteiger partial charge in [-0.2, -0.15) is 13.2 Å². The van der Waals surface area contributed by atoms with Crippen molar-refractivity contribution in [3.05, 3.63) is 0 Å². The third-order valence-electron chi connectivity index (χ3n) is 1.23. The van der Waals surface area contributed by atoms with Gasteiger partial charge in [-0.1, -0.05) is 0 Å². The molecule has 0 rings (SSSR count). The zero-order valence-electron chi connectivity index (χ0n) is 6.64. The second kappa shape index (κ2) is 4.64.